The third kappa shape index (κ3) is 6.88. The number of rotatable bonds is 8. The number of carbonyl (C=O) groups excluding carboxylic acids is 1. The molecule has 0 fully saturated rings. The largest absolute Gasteiger partial charge is 0.494 e. The Balaban J connectivity index is 1.66. The fourth-order valence-electron chi connectivity index (χ4n) is 2.10. The van der Waals surface area contributed by atoms with Crippen molar-refractivity contribution in [3.05, 3.63) is 58.6 Å². The molecule has 0 aliphatic rings. The summed E-state index contributed by atoms with van der Waals surface area (Å²) < 4.78 is 29.3. The van der Waals surface area contributed by atoms with Crippen molar-refractivity contribution in [2.75, 3.05) is 12.9 Å². The van der Waals surface area contributed by atoms with Gasteiger partial charge in [-0.05, 0) is 48.4 Å². The molecule has 0 aliphatic carbocycles. The maximum atomic E-state index is 11.8. The molecule has 1 N–H and O–H groups in total. The predicted octanol–water partition coefficient (Wildman–Crippen LogP) is 3.33. The average Bonchev–Trinajstić information content (AvgIpc) is 2.58. The zero-order valence-electron chi connectivity index (χ0n) is 13.9. The fraction of sp³-hybridized carbons (Fsp3) is 0.278. The van der Waals surface area contributed by atoms with Gasteiger partial charge in [0, 0.05) is 23.7 Å². The van der Waals surface area contributed by atoms with Gasteiger partial charge in [0.1, 0.15) is 5.75 Å². The predicted molar refractivity (Wildman–Crippen MR) is 100 cm³/mol. The van der Waals surface area contributed by atoms with Crippen LogP contribution in [0.1, 0.15) is 18.4 Å². The molecule has 2 aromatic rings. The Bertz CT molecular complexity index is 802. The summed E-state index contributed by atoms with van der Waals surface area (Å²) in [5.74, 6) is 0.557. The number of sulfone groups is 1. The Morgan fingerprint density at radius 3 is 2.32 bits per heavy atom. The summed E-state index contributed by atoms with van der Waals surface area (Å²) in [5.41, 5.74) is 1.04. The third-order valence-electron chi connectivity index (χ3n) is 3.47. The van der Waals surface area contributed by atoms with Crippen LogP contribution >= 0.6 is 15.9 Å². The SMILES string of the molecule is CS(=O)(=O)c1ccc(OCCCC(=O)NCc2ccc(Br)cc2)cc1. The van der Waals surface area contributed by atoms with Gasteiger partial charge < -0.3 is 10.1 Å². The van der Waals surface area contributed by atoms with Crippen LogP contribution in [0.3, 0.4) is 0 Å². The van der Waals surface area contributed by atoms with Gasteiger partial charge in [0.05, 0.1) is 11.5 Å². The van der Waals surface area contributed by atoms with Crippen molar-refractivity contribution in [3.63, 3.8) is 0 Å². The molecule has 25 heavy (non-hydrogen) atoms. The van der Waals surface area contributed by atoms with Crippen molar-refractivity contribution in [3.8, 4) is 5.75 Å². The molecular weight excluding hydrogens is 406 g/mol. The van der Waals surface area contributed by atoms with Gasteiger partial charge in [0.25, 0.3) is 0 Å². The minimum atomic E-state index is -3.20. The fourth-order valence-corrected chi connectivity index (χ4v) is 2.99. The van der Waals surface area contributed by atoms with E-state index in [1.54, 1.807) is 12.1 Å². The summed E-state index contributed by atoms with van der Waals surface area (Å²) in [6, 6.07) is 14.0. The third-order valence-corrected chi connectivity index (χ3v) is 5.13. The Morgan fingerprint density at radius 1 is 1.08 bits per heavy atom. The topological polar surface area (TPSA) is 72.5 Å². The molecule has 5 nitrogen and oxygen atoms in total. The number of carbonyl (C=O) groups is 1. The van der Waals surface area contributed by atoms with E-state index in [9.17, 15) is 13.2 Å². The quantitative estimate of drug-likeness (QED) is 0.658. The van der Waals surface area contributed by atoms with E-state index in [4.69, 9.17) is 4.74 Å². The molecule has 7 heteroatoms. The molecule has 0 heterocycles. The van der Waals surface area contributed by atoms with Crippen LogP contribution in [-0.2, 0) is 21.2 Å². The highest BCUT2D eigenvalue weighted by Gasteiger charge is 2.06. The molecule has 1 amide bonds. The first-order chi connectivity index (χ1) is 11.8. The first-order valence-electron chi connectivity index (χ1n) is 7.79. The summed E-state index contributed by atoms with van der Waals surface area (Å²) >= 11 is 3.37. The molecule has 2 aromatic carbocycles. The maximum Gasteiger partial charge on any atom is 0.220 e. The van der Waals surface area contributed by atoms with E-state index in [2.05, 4.69) is 21.2 Å². The van der Waals surface area contributed by atoms with Crippen LogP contribution in [0.5, 0.6) is 5.75 Å². The van der Waals surface area contributed by atoms with Crippen LogP contribution in [0.25, 0.3) is 0 Å². The molecule has 0 spiro atoms. The molecule has 134 valence electrons. The van der Waals surface area contributed by atoms with E-state index in [0.717, 1.165) is 16.3 Å². The van der Waals surface area contributed by atoms with Crippen LogP contribution in [-0.4, -0.2) is 27.2 Å². The molecule has 0 unspecified atom stereocenters. The van der Waals surface area contributed by atoms with Gasteiger partial charge in [-0.3, -0.25) is 4.79 Å². The lowest BCUT2D eigenvalue weighted by Gasteiger charge is -2.08. The molecular formula is C18H20BrNO4S. The molecule has 0 bridgehead atoms. The van der Waals surface area contributed by atoms with E-state index in [0.29, 0.717) is 31.7 Å². The lowest BCUT2D eigenvalue weighted by molar-refractivity contribution is -0.121. The molecule has 0 saturated heterocycles. The monoisotopic (exact) mass is 425 g/mol. The van der Waals surface area contributed by atoms with Crippen LogP contribution in [0.4, 0.5) is 0 Å². The van der Waals surface area contributed by atoms with Gasteiger partial charge in [-0.15, -0.1) is 0 Å². The van der Waals surface area contributed by atoms with Crippen molar-refractivity contribution in [2.24, 2.45) is 0 Å². The lowest BCUT2D eigenvalue weighted by Crippen LogP contribution is -2.22. The first kappa shape index (κ1) is 19.5. The Kier molecular flexibility index (Phi) is 7.01. The van der Waals surface area contributed by atoms with E-state index >= 15 is 0 Å². The number of benzene rings is 2. The first-order valence-corrected chi connectivity index (χ1v) is 10.5. The van der Waals surface area contributed by atoms with Crippen molar-refractivity contribution >= 4 is 31.7 Å². The second kappa shape index (κ2) is 9.01. The minimum absolute atomic E-state index is 0.0288. The second-order valence-electron chi connectivity index (χ2n) is 5.60. The summed E-state index contributed by atoms with van der Waals surface area (Å²) in [7, 11) is -3.20. The Hall–Kier alpha value is -1.86. The van der Waals surface area contributed by atoms with E-state index < -0.39 is 9.84 Å². The lowest BCUT2D eigenvalue weighted by atomic mass is 10.2. The second-order valence-corrected chi connectivity index (χ2v) is 8.53. The van der Waals surface area contributed by atoms with Gasteiger partial charge >= 0.3 is 0 Å². The summed E-state index contributed by atoms with van der Waals surface area (Å²) in [4.78, 5) is 12.1. The van der Waals surface area contributed by atoms with Gasteiger partial charge in [-0.2, -0.15) is 0 Å². The number of hydrogen-bond donors (Lipinski definition) is 1. The highest BCUT2D eigenvalue weighted by molar-refractivity contribution is 9.10. The van der Waals surface area contributed by atoms with Crippen LogP contribution in [0, 0.1) is 0 Å². The van der Waals surface area contributed by atoms with Crippen molar-refractivity contribution < 1.29 is 17.9 Å². The average molecular weight is 426 g/mol. The number of halogens is 1. The summed E-state index contributed by atoms with van der Waals surface area (Å²) in [5, 5.41) is 2.86. The minimum Gasteiger partial charge on any atom is -0.494 e. The molecule has 0 aromatic heterocycles. The van der Waals surface area contributed by atoms with Gasteiger partial charge in [0.2, 0.25) is 5.91 Å². The van der Waals surface area contributed by atoms with Gasteiger partial charge in [0.15, 0.2) is 9.84 Å². The molecule has 2 rings (SSSR count). The summed E-state index contributed by atoms with van der Waals surface area (Å²) in [6.45, 7) is 0.893. The standard InChI is InChI=1S/C18H20BrNO4S/c1-25(22,23)17-10-8-16(9-11-17)24-12-2-3-18(21)20-13-14-4-6-15(19)7-5-14/h4-11H,2-3,12-13H2,1H3,(H,20,21). The zero-order chi connectivity index (χ0) is 18.3. The number of nitrogens with one attached hydrogen (secondary N) is 1. The highest BCUT2D eigenvalue weighted by Crippen LogP contribution is 2.16. The molecule has 0 aliphatic heterocycles. The maximum absolute atomic E-state index is 11.8. The Morgan fingerprint density at radius 2 is 1.72 bits per heavy atom. The van der Waals surface area contributed by atoms with Crippen LogP contribution < -0.4 is 10.1 Å². The van der Waals surface area contributed by atoms with Crippen LogP contribution in [0.2, 0.25) is 0 Å². The van der Waals surface area contributed by atoms with Crippen molar-refractivity contribution in [2.45, 2.75) is 24.3 Å². The van der Waals surface area contributed by atoms with Crippen molar-refractivity contribution in [1.82, 2.24) is 5.32 Å². The van der Waals surface area contributed by atoms with Gasteiger partial charge in [-0.25, -0.2) is 8.42 Å². The number of ether oxygens (including phenoxy) is 1. The Labute approximate surface area is 156 Å². The van der Waals surface area contributed by atoms with E-state index in [-0.39, 0.29) is 10.8 Å². The normalized spacial score (nSPS) is 11.1. The summed E-state index contributed by atoms with van der Waals surface area (Å²) in [6.07, 6.45) is 2.12. The highest BCUT2D eigenvalue weighted by atomic mass is 79.9. The van der Waals surface area contributed by atoms with Crippen LogP contribution in [0.15, 0.2) is 57.9 Å². The van der Waals surface area contributed by atoms with E-state index in [1.165, 1.54) is 12.1 Å². The van der Waals surface area contributed by atoms with E-state index in [1.807, 2.05) is 24.3 Å². The molecule has 0 radical (unpaired) electrons. The molecule has 0 saturated carbocycles. The number of amides is 1. The smallest absolute Gasteiger partial charge is 0.220 e. The number of hydrogen-bond acceptors (Lipinski definition) is 4. The van der Waals surface area contributed by atoms with Gasteiger partial charge in [-0.1, -0.05) is 28.1 Å². The zero-order valence-corrected chi connectivity index (χ0v) is 16.3. The molecule has 0 atom stereocenters. The van der Waals surface area contributed by atoms with Crippen molar-refractivity contribution in [1.29, 1.82) is 0 Å².